The first-order valence-electron chi connectivity index (χ1n) is 8.07. The lowest BCUT2D eigenvalue weighted by molar-refractivity contribution is -0.119. The molecule has 0 bridgehead atoms. The first-order valence-corrected chi connectivity index (χ1v) is 9.93. The van der Waals surface area contributed by atoms with Crippen LogP contribution in [0.5, 0.6) is 0 Å². The van der Waals surface area contributed by atoms with E-state index in [1.54, 1.807) is 11.7 Å². The highest BCUT2D eigenvalue weighted by Gasteiger charge is 2.16. The fraction of sp³-hybridized carbons (Fsp3) is 0.278. The summed E-state index contributed by atoms with van der Waals surface area (Å²) in [6, 6.07) is 11.1. The van der Waals surface area contributed by atoms with E-state index in [0.717, 1.165) is 5.69 Å². The van der Waals surface area contributed by atoms with Gasteiger partial charge < -0.3 is 10.1 Å². The number of carbonyl (C=O) groups excluding carboxylic acids is 1. The van der Waals surface area contributed by atoms with Gasteiger partial charge >= 0.3 is 0 Å². The summed E-state index contributed by atoms with van der Waals surface area (Å²) >= 11 is 2.62. The molecule has 0 aliphatic carbocycles. The molecule has 0 fully saturated rings. The number of thiophene rings is 1. The molecule has 3 aromatic rings. The second kappa shape index (κ2) is 8.48. The summed E-state index contributed by atoms with van der Waals surface area (Å²) in [5.74, 6) is 0.0435. The smallest absolute Gasteiger partial charge is 0.276 e. The maximum Gasteiger partial charge on any atom is 0.276 e. The number of hydrogen-bond donors (Lipinski definition) is 1. The Morgan fingerprint density at radius 1 is 1.35 bits per heavy atom. The van der Waals surface area contributed by atoms with E-state index in [0.29, 0.717) is 22.0 Å². The average molecular weight is 390 g/mol. The highest BCUT2D eigenvalue weighted by atomic mass is 32.2. The fourth-order valence-corrected chi connectivity index (χ4v) is 4.12. The predicted octanol–water partition coefficient (Wildman–Crippen LogP) is 2.69. The van der Waals surface area contributed by atoms with Crippen molar-refractivity contribution in [3.63, 3.8) is 0 Å². The van der Waals surface area contributed by atoms with Gasteiger partial charge in [-0.1, -0.05) is 30.0 Å². The molecule has 136 valence electrons. The van der Waals surface area contributed by atoms with Crippen LogP contribution in [0.2, 0.25) is 0 Å². The monoisotopic (exact) mass is 389 g/mol. The van der Waals surface area contributed by atoms with E-state index in [2.05, 4.69) is 10.3 Å². The maximum absolute atomic E-state index is 12.9. The third kappa shape index (κ3) is 4.14. The molecule has 0 saturated heterocycles. The lowest BCUT2D eigenvalue weighted by atomic mass is 10.3. The van der Waals surface area contributed by atoms with Crippen LogP contribution in [-0.2, 0) is 9.53 Å². The van der Waals surface area contributed by atoms with E-state index >= 15 is 0 Å². The SMILES string of the molecule is COC[C@H](C)NC(=O)CSc1nc2ccsc2c(=O)n1-c1ccccc1. The zero-order valence-electron chi connectivity index (χ0n) is 14.5. The summed E-state index contributed by atoms with van der Waals surface area (Å²) in [4.78, 5) is 29.7. The molecule has 26 heavy (non-hydrogen) atoms. The molecule has 1 atom stereocenters. The number of thioether (sulfide) groups is 1. The number of para-hydroxylation sites is 1. The molecule has 1 aromatic carbocycles. The standard InChI is InChI=1S/C18H19N3O3S2/c1-12(10-24-2)19-15(22)11-26-18-20-14-8-9-25-16(14)17(23)21(18)13-6-4-3-5-7-13/h3-9,12H,10-11H2,1-2H3,(H,19,22)/t12-/m0/s1. The summed E-state index contributed by atoms with van der Waals surface area (Å²) in [5.41, 5.74) is 1.27. The van der Waals surface area contributed by atoms with Crippen LogP contribution in [0.15, 0.2) is 51.7 Å². The van der Waals surface area contributed by atoms with Crippen molar-refractivity contribution in [3.05, 3.63) is 52.1 Å². The highest BCUT2D eigenvalue weighted by molar-refractivity contribution is 7.99. The third-order valence-corrected chi connectivity index (χ3v) is 5.45. The Labute approximate surface area is 159 Å². The Kier molecular flexibility index (Phi) is 6.08. The predicted molar refractivity (Wildman–Crippen MR) is 105 cm³/mol. The minimum atomic E-state index is -0.126. The molecular weight excluding hydrogens is 370 g/mol. The second-order valence-electron chi connectivity index (χ2n) is 5.72. The minimum Gasteiger partial charge on any atom is -0.383 e. The number of rotatable bonds is 7. The van der Waals surface area contributed by atoms with Gasteiger partial charge in [-0.25, -0.2) is 4.98 Å². The molecule has 2 heterocycles. The van der Waals surface area contributed by atoms with Crippen LogP contribution in [0, 0.1) is 0 Å². The van der Waals surface area contributed by atoms with Gasteiger partial charge in [-0.15, -0.1) is 11.3 Å². The summed E-state index contributed by atoms with van der Waals surface area (Å²) in [7, 11) is 1.59. The quantitative estimate of drug-likeness (QED) is 0.497. The van der Waals surface area contributed by atoms with E-state index in [1.165, 1.54) is 23.1 Å². The van der Waals surface area contributed by atoms with E-state index < -0.39 is 0 Å². The molecule has 3 rings (SSSR count). The van der Waals surface area contributed by atoms with Crippen LogP contribution < -0.4 is 10.9 Å². The van der Waals surface area contributed by atoms with Crippen LogP contribution in [0.4, 0.5) is 0 Å². The zero-order chi connectivity index (χ0) is 18.5. The number of carbonyl (C=O) groups is 1. The van der Waals surface area contributed by atoms with Crippen LogP contribution in [0.25, 0.3) is 15.9 Å². The highest BCUT2D eigenvalue weighted by Crippen LogP contribution is 2.23. The minimum absolute atomic E-state index is 0.0725. The van der Waals surface area contributed by atoms with E-state index in [1.807, 2.05) is 48.7 Å². The van der Waals surface area contributed by atoms with Gasteiger partial charge in [0.05, 0.1) is 23.6 Å². The molecule has 2 aromatic heterocycles. The van der Waals surface area contributed by atoms with Gasteiger partial charge in [-0.05, 0) is 30.5 Å². The molecule has 6 nitrogen and oxygen atoms in total. The largest absolute Gasteiger partial charge is 0.383 e. The molecule has 0 aliphatic heterocycles. The summed E-state index contributed by atoms with van der Waals surface area (Å²) < 4.78 is 7.19. The Bertz CT molecular complexity index is 953. The van der Waals surface area contributed by atoms with E-state index in [4.69, 9.17) is 4.74 Å². The van der Waals surface area contributed by atoms with Crippen molar-refractivity contribution in [1.29, 1.82) is 0 Å². The Hall–Kier alpha value is -2.16. The van der Waals surface area contributed by atoms with Gasteiger partial charge in [0.1, 0.15) is 4.70 Å². The van der Waals surface area contributed by atoms with Gasteiger partial charge in [-0.2, -0.15) is 0 Å². The first kappa shape index (κ1) is 18.6. The molecule has 0 spiro atoms. The number of hydrogen-bond acceptors (Lipinski definition) is 6. The van der Waals surface area contributed by atoms with Crippen molar-refractivity contribution >= 4 is 39.2 Å². The van der Waals surface area contributed by atoms with Crippen LogP contribution in [-0.4, -0.2) is 41.0 Å². The average Bonchev–Trinajstić information content (AvgIpc) is 3.10. The summed E-state index contributed by atoms with van der Waals surface area (Å²) in [5, 5.41) is 5.21. The van der Waals surface area contributed by atoms with Gasteiger partial charge in [-0.3, -0.25) is 14.2 Å². The van der Waals surface area contributed by atoms with E-state index in [-0.39, 0.29) is 23.3 Å². The van der Waals surface area contributed by atoms with Crippen molar-refractivity contribution in [2.24, 2.45) is 0 Å². The van der Waals surface area contributed by atoms with Crippen LogP contribution in [0.1, 0.15) is 6.92 Å². The number of nitrogens with one attached hydrogen (secondary N) is 1. The topological polar surface area (TPSA) is 73.2 Å². The maximum atomic E-state index is 12.9. The number of amides is 1. The number of fused-ring (bicyclic) bond motifs is 1. The summed E-state index contributed by atoms with van der Waals surface area (Å²) in [6.07, 6.45) is 0. The zero-order valence-corrected chi connectivity index (χ0v) is 16.1. The fourth-order valence-electron chi connectivity index (χ4n) is 2.53. The Morgan fingerprint density at radius 3 is 2.85 bits per heavy atom. The van der Waals surface area contributed by atoms with Crippen molar-refractivity contribution in [2.75, 3.05) is 19.5 Å². The lowest BCUT2D eigenvalue weighted by Gasteiger charge is -2.14. The molecule has 0 saturated carbocycles. The third-order valence-electron chi connectivity index (χ3n) is 3.62. The van der Waals surface area contributed by atoms with Crippen LogP contribution >= 0.6 is 23.1 Å². The molecule has 1 N–H and O–H groups in total. The molecule has 1 amide bonds. The van der Waals surface area contributed by atoms with Crippen LogP contribution in [0.3, 0.4) is 0 Å². The molecule has 0 aliphatic rings. The van der Waals surface area contributed by atoms with Gasteiger partial charge in [0.25, 0.3) is 5.56 Å². The van der Waals surface area contributed by atoms with Gasteiger partial charge in [0.15, 0.2) is 5.16 Å². The molecule has 0 unspecified atom stereocenters. The number of aromatic nitrogens is 2. The molecular formula is C18H19N3O3S2. The van der Waals surface area contributed by atoms with Crippen molar-refractivity contribution in [3.8, 4) is 5.69 Å². The Morgan fingerprint density at radius 2 is 2.12 bits per heavy atom. The Balaban J connectivity index is 1.90. The number of methoxy groups -OCH3 is 1. The number of nitrogens with zero attached hydrogens (tertiary/aromatic N) is 2. The van der Waals surface area contributed by atoms with Gasteiger partial charge in [0, 0.05) is 13.2 Å². The van der Waals surface area contributed by atoms with Crippen molar-refractivity contribution in [1.82, 2.24) is 14.9 Å². The molecule has 0 radical (unpaired) electrons. The molecule has 8 heteroatoms. The van der Waals surface area contributed by atoms with E-state index in [9.17, 15) is 9.59 Å². The summed E-state index contributed by atoms with van der Waals surface area (Å²) in [6.45, 7) is 2.33. The van der Waals surface area contributed by atoms with Crippen molar-refractivity contribution < 1.29 is 9.53 Å². The second-order valence-corrected chi connectivity index (χ2v) is 7.58. The first-order chi connectivity index (χ1) is 12.6. The lowest BCUT2D eigenvalue weighted by Crippen LogP contribution is -2.36. The van der Waals surface area contributed by atoms with Gasteiger partial charge in [0.2, 0.25) is 5.91 Å². The van der Waals surface area contributed by atoms with Crippen molar-refractivity contribution in [2.45, 2.75) is 18.1 Å². The number of ether oxygens (including phenoxy) is 1. The normalized spacial score (nSPS) is 12.2. The number of benzene rings is 1.